The van der Waals surface area contributed by atoms with Crippen molar-refractivity contribution in [2.45, 2.75) is 13.0 Å². The molecule has 1 N–H and O–H groups in total. The second-order valence-electron chi connectivity index (χ2n) is 5.39. The molecular weight excluding hydrogens is 344 g/mol. The van der Waals surface area contributed by atoms with Gasteiger partial charge in [0.15, 0.2) is 5.58 Å². The molecule has 0 spiro atoms. The van der Waals surface area contributed by atoms with Gasteiger partial charge < -0.3 is 14.5 Å². The first kappa shape index (κ1) is 17.1. The predicted molar refractivity (Wildman–Crippen MR) is 95.0 cm³/mol. The zero-order valence-corrected chi connectivity index (χ0v) is 14.2. The fourth-order valence-corrected chi connectivity index (χ4v) is 2.54. The maximum absolute atomic E-state index is 11.9. The molecule has 6 nitrogen and oxygen atoms in total. The zero-order chi connectivity index (χ0) is 17.6. The maximum Gasteiger partial charge on any atom is 0.419 e. The van der Waals surface area contributed by atoms with E-state index in [9.17, 15) is 9.59 Å². The number of benzene rings is 2. The van der Waals surface area contributed by atoms with Crippen LogP contribution in [0.3, 0.4) is 0 Å². The number of hydrogen-bond acceptors (Lipinski definition) is 4. The van der Waals surface area contributed by atoms with Crippen molar-refractivity contribution in [3.05, 3.63) is 64.1 Å². The number of carbonyl (C=O) groups excluding carboxylic acids is 1. The first-order valence-electron chi connectivity index (χ1n) is 7.87. The number of ether oxygens (including phenoxy) is 1. The number of rotatable bonds is 7. The molecule has 0 aliphatic heterocycles. The van der Waals surface area contributed by atoms with Crippen molar-refractivity contribution in [3.8, 4) is 5.75 Å². The summed E-state index contributed by atoms with van der Waals surface area (Å²) in [7, 11) is 0. The Kier molecular flexibility index (Phi) is 5.40. The molecular formula is C18H17ClN2O4. The molecule has 3 rings (SSSR count). The van der Waals surface area contributed by atoms with Gasteiger partial charge in [-0.05, 0) is 36.4 Å². The lowest BCUT2D eigenvalue weighted by Crippen LogP contribution is -2.29. The minimum absolute atomic E-state index is 0.156. The molecule has 130 valence electrons. The quantitative estimate of drug-likeness (QED) is 0.657. The summed E-state index contributed by atoms with van der Waals surface area (Å²) in [6, 6.07) is 14.1. The van der Waals surface area contributed by atoms with Crippen molar-refractivity contribution in [2.24, 2.45) is 0 Å². The van der Waals surface area contributed by atoms with Gasteiger partial charge in [-0.2, -0.15) is 0 Å². The van der Waals surface area contributed by atoms with Gasteiger partial charge in [-0.3, -0.25) is 9.36 Å². The Bertz CT molecular complexity index is 915. The number of amides is 1. The molecule has 0 bridgehead atoms. The van der Waals surface area contributed by atoms with Gasteiger partial charge in [-0.15, -0.1) is 0 Å². The first-order chi connectivity index (χ1) is 12.1. The Morgan fingerprint density at radius 2 is 1.92 bits per heavy atom. The van der Waals surface area contributed by atoms with Crippen LogP contribution in [0.4, 0.5) is 0 Å². The van der Waals surface area contributed by atoms with E-state index >= 15 is 0 Å². The van der Waals surface area contributed by atoms with Gasteiger partial charge in [0.1, 0.15) is 12.4 Å². The molecule has 0 saturated carbocycles. The summed E-state index contributed by atoms with van der Waals surface area (Å²) in [5.41, 5.74) is 1.20. The SMILES string of the molecule is O=C(CCn1c(=O)oc2ccccc21)NCCOc1ccc(Cl)cc1. The van der Waals surface area contributed by atoms with E-state index in [1.807, 2.05) is 6.07 Å². The maximum atomic E-state index is 11.9. The number of hydrogen-bond donors (Lipinski definition) is 1. The van der Waals surface area contributed by atoms with Crippen LogP contribution >= 0.6 is 11.6 Å². The lowest BCUT2D eigenvalue weighted by atomic mass is 10.3. The fourth-order valence-electron chi connectivity index (χ4n) is 2.42. The van der Waals surface area contributed by atoms with Gasteiger partial charge >= 0.3 is 5.76 Å². The van der Waals surface area contributed by atoms with Crippen molar-refractivity contribution >= 4 is 28.6 Å². The Hall–Kier alpha value is -2.73. The van der Waals surface area contributed by atoms with Crippen molar-refractivity contribution in [1.29, 1.82) is 0 Å². The Labute approximate surface area is 149 Å². The van der Waals surface area contributed by atoms with Crippen molar-refractivity contribution in [2.75, 3.05) is 13.2 Å². The number of carbonyl (C=O) groups is 1. The summed E-state index contributed by atoms with van der Waals surface area (Å²) in [5.74, 6) is 0.0760. The number of aryl methyl sites for hydroxylation is 1. The van der Waals surface area contributed by atoms with E-state index in [1.165, 1.54) is 4.57 Å². The summed E-state index contributed by atoms with van der Waals surface area (Å²) in [5, 5.41) is 3.40. The predicted octanol–water partition coefficient (Wildman–Crippen LogP) is 2.83. The Morgan fingerprint density at radius 1 is 1.16 bits per heavy atom. The topological polar surface area (TPSA) is 73.5 Å². The normalized spacial score (nSPS) is 10.8. The molecule has 7 heteroatoms. The van der Waals surface area contributed by atoms with E-state index in [0.29, 0.717) is 35.0 Å². The minimum Gasteiger partial charge on any atom is -0.492 e. The fraction of sp³-hybridized carbons (Fsp3) is 0.222. The van der Waals surface area contributed by atoms with Gasteiger partial charge in [0, 0.05) is 18.0 Å². The van der Waals surface area contributed by atoms with E-state index < -0.39 is 5.76 Å². The molecule has 3 aromatic rings. The van der Waals surface area contributed by atoms with Crippen LogP contribution in [0.5, 0.6) is 5.75 Å². The number of fused-ring (bicyclic) bond motifs is 1. The van der Waals surface area contributed by atoms with E-state index in [-0.39, 0.29) is 18.9 Å². The molecule has 25 heavy (non-hydrogen) atoms. The second kappa shape index (κ2) is 7.90. The van der Waals surface area contributed by atoms with Crippen LogP contribution < -0.4 is 15.8 Å². The van der Waals surface area contributed by atoms with Crippen LogP contribution in [-0.4, -0.2) is 23.6 Å². The number of nitrogens with zero attached hydrogens (tertiary/aromatic N) is 1. The number of nitrogens with one attached hydrogen (secondary N) is 1. The van der Waals surface area contributed by atoms with Crippen LogP contribution in [-0.2, 0) is 11.3 Å². The zero-order valence-electron chi connectivity index (χ0n) is 13.4. The summed E-state index contributed by atoms with van der Waals surface area (Å²) in [6.07, 6.45) is 0.185. The van der Waals surface area contributed by atoms with Crippen molar-refractivity contribution < 1.29 is 13.9 Å². The molecule has 2 aromatic carbocycles. The summed E-state index contributed by atoms with van der Waals surface area (Å²) >= 11 is 5.80. The van der Waals surface area contributed by atoms with Crippen LogP contribution in [0.25, 0.3) is 11.1 Å². The molecule has 0 fully saturated rings. The van der Waals surface area contributed by atoms with Gasteiger partial charge in [-0.25, -0.2) is 4.79 Å². The number of oxazole rings is 1. The molecule has 1 heterocycles. The number of para-hydroxylation sites is 2. The summed E-state index contributed by atoms with van der Waals surface area (Å²) in [6.45, 7) is 0.990. The largest absolute Gasteiger partial charge is 0.492 e. The van der Waals surface area contributed by atoms with Crippen LogP contribution in [0.2, 0.25) is 5.02 Å². The molecule has 0 unspecified atom stereocenters. The number of aromatic nitrogens is 1. The lowest BCUT2D eigenvalue weighted by Gasteiger charge is -2.08. The smallest absolute Gasteiger partial charge is 0.419 e. The molecule has 0 radical (unpaired) electrons. The Balaban J connectivity index is 1.44. The molecule has 0 aliphatic rings. The van der Waals surface area contributed by atoms with E-state index in [2.05, 4.69) is 5.32 Å². The molecule has 0 saturated heterocycles. The summed E-state index contributed by atoms with van der Waals surface area (Å²) < 4.78 is 12.1. The van der Waals surface area contributed by atoms with Crippen LogP contribution in [0.15, 0.2) is 57.7 Å². The lowest BCUT2D eigenvalue weighted by molar-refractivity contribution is -0.121. The van der Waals surface area contributed by atoms with E-state index in [0.717, 1.165) is 0 Å². The highest BCUT2D eigenvalue weighted by Gasteiger charge is 2.10. The third-order valence-electron chi connectivity index (χ3n) is 3.64. The average Bonchev–Trinajstić information content (AvgIpc) is 2.93. The van der Waals surface area contributed by atoms with Crippen LogP contribution in [0.1, 0.15) is 6.42 Å². The molecule has 1 aromatic heterocycles. The second-order valence-corrected chi connectivity index (χ2v) is 5.83. The Morgan fingerprint density at radius 3 is 2.72 bits per heavy atom. The van der Waals surface area contributed by atoms with Gasteiger partial charge in [-0.1, -0.05) is 23.7 Å². The van der Waals surface area contributed by atoms with E-state index in [4.69, 9.17) is 20.8 Å². The minimum atomic E-state index is -0.458. The highest BCUT2D eigenvalue weighted by molar-refractivity contribution is 6.30. The summed E-state index contributed by atoms with van der Waals surface area (Å²) in [4.78, 5) is 23.7. The third kappa shape index (κ3) is 4.42. The highest BCUT2D eigenvalue weighted by Crippen LogP contribution is 2.15. The van der Waals surface area contributed by atoms with Gasteiger partial charge in [0.2, 0.25) is 5.91 Å². The van der Waals surface area contributed by atoms with Crippen LogP contribution in [0, 0.1) is 0 Å². The highest BCUT2D eigenvalue weighted by atomic mass is 35.5. The van der Waals surface area contributed by atoms with Crippen molar-refractivity contribution in [3.63, 3.8) is 0 Å². The number of halogens is 1. The van der Waals surface area contributed by atoms with Gasteiger partial charge in [0.25, 0.3) is 0 Å². The van der Waals surface area contributed by atoms with Gasteiger partial charge in [0.05, 0.1) is 12.1 Å². The monoisotopic (exact) mass is 360 g/mol. The first-order valence-corrected chi connectivity index (χ1v) is 8.25. The average molecular weight is 361 g/mol. The van der Waals surface area contributed by atoms with E-state index in [1.54, 1.807) is 42.5 Å². The molecule has 0 aliphatic carbocycles. The van der Waals surface area contributed by atoms with Crippen molar-refractivity contribution in [1.82, 2.24) is 9.88 Å². The molecule has 0 atom stereocenters. The molecule has 1 amide bonds. The standard InChI is InChI=1S/C18H17ClN2O4/c19-13-5-7-14(8-6-13)24-12-10-20-17(22)9-11-21-15-3-1-2-4-16(15)25-18(21)23/h1-8H,9-12H2,(H,20,22). The third-order valence-corrected chi connectivity index (χ3v) is 3.89.